The number of amides is 2. The third kappa shape index (κ3) is 9.85. The molecule has 10 heteroatoms. The minimum absolute atomic E-state index is 0.0518. The highest BCUT2D eigenvalue weighted by atomic mass is 79.9. The predicted molar refractivity (Wildman–Crippen MR) is 174 cm³/mol. The van der Waals surface area contributed by atoms with Crippen LogP contribution < -0.4 is 9.62 Å². The second-order valence-corrected chi connectivity index (χ2v) is 14.6. The molecule has 0 aliphatic rings. The van der Waals surface area contributed by atoms with Crippen LogP contribution in [0.25, 0.3) is 0 Å². The molecule has 0 bridgehead atoms. The number of hydrogen-bond acceptors (Lipinski definition) is 4. The van der Waals surface area contributed by atoms with Crippen LogP contribution in [0.3, 0.4) is 0 Å². The summed E-state index contributed by atoms with van der Waals surface area (Å²) in [6, 6.07) is 21.6. The topological polar surface area (TPSA) is 86.8 Å². The Hall–Kier alpha value is -2.88. The zero-order valence-corrected chi connectivity index (χ0v) is 27.9. The van der Waals surface area contributed by atoms with Crippen molar-refractivity contribution in [3.8, 4) is 0 Å². The second-order valence-electron chi connectivity index (χ2n) is 11.4. The third-order valence-electron chi connectivity index (χ3n) is 6.70. The van der Waals surface area contributed by atoms with Crippen molar-refractivity contribution in [2.75, 3.05) is 17.1 Å². The summed E-state index contributed by atoms with van der Waals surface area (Å²) < 4.78 is 27.7. The van der Waals surface area contributed by atoms with Crippen LogP contribution in [0.1, 0.15) is 50.3 Å². The molecule has 3 aromatic rings. The lowest BCUT2D eigenvalue weighted by Crippen LogP contribution is -2.54. The molecule has 0 spiro atoms. The Bertz CT molecular complexity index is 1480. The van der Waals surface area contributed by atoms with E-state index in [0.29, 0.717) is 22.7 Å². The summed E-state index contributed by atoms with van der Waals surface area (Å²) >= 11 is 9.73. The van der Waals surface area contributed by atoms with Crippen molar-refractivity contribution >= 4 is 55.1 Å². The van der Waals surface area contributed by atoms with Crippen LogP contribution >= 0.6 is 27.5 Å². The van der Waals surface area contributed by atoms with Gasteiger partial charge in [-0.15, -0.1) is 0 Å². The van der Waals surface area contributed by atoms with Gasteiger partial charge < -0.3 is 10.2 Å². The number of anilines is 1. The molecule has 226 valence electrons. The molecule has 7 nitrogen and oxygen atoms in total. The average molecular weight is 677 g/mol. The summed E-state index contributed by atoms with van der Waals surface area (Å²) in [5.41, 5.74) is 2.44. The Labute approximate surface area is 263 Å². The lowest BCUT2D eigenvalue weighted by molar-refractivity contribution is -0.142. The molecule has 1 unspecified atom stereocenters. The summed E-state index contributed by atoms with van der Waals surface area (Å²) in [5.74, 6) is -0.483. The van der Waals surface area contributed by atoms with E-state index in [0.717, 1.165) is 21.9 Å². The minimum Gasteiger partial charge on any atom is -0.350 e. The smallest absolute Gasteiger partial charge is 0.243 e. The molecule has 0 fully saturated rings. The van der Waals surface area contributed by atoms with E-state index in [1.807, 2.05) is 75.4 Å². The molecule has 0 aliphatic heterocycles. The number of hydrogen-bond donors (Lipinski definition) is 1. The van der Waals surface area contributed by atoms with Crippen molar-refractivity contribution in [2.24, 2.45) is 0 Å². The zero-order chi connectivity index (χ0) is 31.1. The molecule has 0 heterocycles. The Morgan fingerprint density at radius 2 is 1.60 bits per heavy atom. The van der Waals surface area contributed by atoms with Gasteiger partial charge in [0.15, 0.2) is 0 Å². The number of nitrogens with one attached hydrogen (secondary N) is 1. The molecular formula is C32H39BrClN3O4S. The Morgan fingerprint density at radius 3 is 2.19 bits per heavy atom. The van der Waals surface area contributed by atoms with E-state index in [9.17, 15) is 18.0 Å². The normalized spacial score (nSPS) is 12.5. The Balaban J connectivity index is 1.92. The molecular weight excluding hydrogens is 638 g/mol. The van der Waals surface area contributed by atoms with Gasteiger partial charge in [-0.1, -0.05) is 76.1 Å². The van der Waals surface area contributed by atoms with E-state index in [-0.39, 0.29) is 37.7 Å². The van der Waals surface area contributed by atoms with E-state index in [2.05, 4.69) is 21.2 Å². The molecule has 42 heavy (non-hydrogen) atoms. The molecule has 3 aromatic carbocycles. The summed E-state index contributed by atoms with van der Waals surface area (Å²) in [6.45, 7) is 7.80. The molecule has 1 N–H and O–H groups in total. The predicted octanol–water partition coefficient (Wildman–Crippen LogP) is 6.51. The van der Waals surface area contributed by atoms with E-state index in [1.54, 1.807) is 30.0 Å². The summed E-state index contributed by atoms with van der Waals surface area (Å²) in [4.78, 5) is 29.3. The van der Waals surface area contributed by atoms with Gasteiger partial charge in [-0.3, -0.25) is 13.9 Å². The van der Waals surface area contributed by atoms with E-state index in [4.69, 9.17) is 11.6 Å². The quantitative estimate of drug-likeness (QED) is 0.237. The highest BCUT2D eigenvalue weighted by Gasteiger charge is 2.32. The molecule has 1 atom stereocenters. The number of benzene rings is 3. The summed E-state index contributed by atoms with van der Waals surface area (Å²) in [5, 5.41) is 3.52. The highest BCUT2D eigenvalue weighted by molar-refractivity contribution is 9.10. The maximum Gasteiger partial charge on any atom is 0.243 e. The maximum atomic E-state index is 14.0. The largest absolute Gasteiger partial charge is 0.350 e. The lowest BCUT2D eigenvalue weighted by atomic mass is 10.00. The van der Waals surface area contributed by atoms with Gasteiger partial charge in [0.25, 0.3) is 0 Å². The van der Waals surface area contributed by atoms with Crippen molar-refractivity contribution in [1.29, 1.82) is 0 Å². The first kappa shape index (κ1) is 33.6. The number of nitrogens with zero attached hydrogens (tertiary/aromatic N) is 2. The zero-order valence-electron chi connectivity index (χ0n) is 24.7. The number of halogens is 2. The number of sulfonamides is 1. The van der Waals surface area contributed by atoms with Crippen molar-refractivity contribution in [3.05, 3.63) is 99.0 Å². The van der Waals surface area contributed by atoms with Crippen LogP contribution in [0.15, 0.2) is 77.3 Å². The number of rotatable bonds is 12. The van der Waals surface area contributed by atoms with Crippen molar-refractivity contribution in [3.63, 3.8) is 0 Å². The summed E-state index contributed by atoms with van der Waals surface area (Å²) in [6.07, 6.45) is 1.79. The van der Waals surface area contributed by atoms with Crippen LogP contribution in [-0.4, -0.2) is 49.5 Å². The van der Waals surface area contributed by atoms with Gasteiger partial charge >= 0.3 is 0 Å². The fourth-order valence-corrected chi connectivity index (χ4v) is 6.09. The van der Waals surface area contributed by atoms with Gasteiger partial charge in [-0.05, 0) is 75.1 Å². The Kier molecular flexibility index (Phi) is 11.6. The SMILES string of the molecule is Cc1c(Cl)cccc1N(CCCC(=O)N(Cc1ccc(Br)cc1)C(Cc1ccccc1)C(=O)NC(C)(C)C)S(C)(=O)=O. The van der Waals surface area contributed by atoms with Crippen molar-refractivity contribution in [2.45, 2.75) is 65.1 Å². The lowest BCUT2D eigenvalue weighted by Gasteiger charge is -2.34. The standard InChI is InChI=1S/C32H39BrClN3O4S/c1-23-27(34)13-9-14-28(23)37(42(5,40)41)20-10-15-30(38)36(22-25-16-18-26(33)19-17-25)29(31(39)35-32(2,3)4)21-24-11-7-6-8-12-24/h6-9,11-14,16-19,29H,10,15,20-22H2,1-5H3,(H,35,39). The van der Waals surface area contributed by atoms with Crippen LogP contribution in [0.5, 0.6) is 0 Å². The van der Waals surface area contributed by atoms with Crippen molar-refractivity contribution < 1.29 is 18.0 Å². The Morgan fingerprint density at radius 1 is 0.952 bits per heavy atom. The molecule has 0 saturated heterocycles. The molecule has 0 aromatic heterocycles. The van der Waals surface area contributed by atoms with Gasteiger partial charge in [0.1, 0.15) is 6.04 Å². The van der Waals surface area contributed by atoms with Gasteiger partial charge in [0.2, 0.25) is 21.8 Å². The van der Waals surface area contributed by atoms with Gasteiger partial charge in [-0.25, -0.2) is 8.42 Å². The van der Waals surface area contributed by atoms with Gasteiger partial charge in [0, 0.05) is 41.0 Å². The highest BCUT2D eigenvalue weighted by Crippen LogP contribution is 2.29. The second kappa shape index (κ2) is 14.5. The number of carbonyl (C=O) groups excluding carboxylic acids is 2. The molecule has 2 amide bonds. The molecule has 3 rings (SSSR count). The van der Waals surface area contributed by atoms with Crippen LogP contribution in [-0.2, 0) is 32.6 Å². The van der Waals surface area contributed by atoms with Gasteiger partial charge in [-0.2, -0.15) is 0 Å². The fraction of sp³-hybridized carbons (Fsp3) is 0.375. The van der Waals surface area contributed by atoms with Crippen LogP contribution in [0.2, 0.25) is 5.02 Å². The minimum atomic E-state index is -3.64. The van der Waals surface area contributed by atoms with Crippen molar-refractivity contribution in [1.82, 2.24) is 10.2 Å². The molecule has 0 radical (unpaired) electrons. The van der Waals surface area contributed by atoms with Gasteiger partial charge in [0.05, 0.1) is 11.9 Å². The van der Waals surface area contributed by atoms with Crippen LogP contribution in [0.4, 0.5) is 5.69 Å². The average Bonchev–Trinajstić information content (AvgIpc) is 2.90. The fourth-order valence-electron chi connectivity index (χ4n) is 4.64. The third-order valence-corrected chi connectivity index (χ3v) is 8.81. The van der Waals surface area contributed by atoms with E-state index >= 15 is 0 Å². The molecule has 0 aliphatic carbocycles. The number of carbonyl (C=O) groups is 2. The first-order valence-corrected chi connectivity index (χ1v) is 16.8. The van der Waals surface area contributed by atoms with Crippen LogP contribution in [0, 0.1) is 6.92 Å². The first-order chi connectivity index (χ1) is 19.7. The summed E-state index contributed by atoms with van der Waals surface area (Å²) in [7, 11) is -3.64. The maximum absolute atomic E-state index is 14.0. The molecule has 0 saturated carbocycles. The van der Waals surface area contributed by atoms with E-state index in [1.165, 1.54) is 4.31 Å². The monoisotopic (exact) mass is 675 g/mol. The first-order valence-electron chi connectivity index (χ1n) is 13.8. The van der Waals surface area contributed by atoms with E-state index < -0.39 is 21.6 Å².